The van der Waals surface area contributed by atoms with Crippen LogP contribution in [0.15, 0.2) is 0 Å². The lowest BCUT2D eigenvalue weighted by molar-refractivity contribution is -0.150. The van der Waals surface area contributed by atoms with Crippen molar-refractivity contribution >= 4 is 11.9 Å². The molecule has 1 unspecified atom stereocenters. The van der Waals surface area contributed by atoms with E-state index in [9.17, 15) is 14.7 Å². The van der Waals surface area contributed by atoms with Crippen molar-refractivity contribution in [3.8, 4) is 0 Å². The molecule has 86 valence electrons. The molecule has 3 N–H and O–H groups in total. The minimum absolute atomic E-state index is 0.388. The minimum Gasteiger partial charge on any atom is -0.481 e. The molecular formula is C9H15NO5. The molecule has 0 amide bonds. The molecule has 6 nitrogen and oxygen atoms in total. The Balaban J connectivity index is 2.56. The van der Waals surface area contributed by atoms with E-state index < -0.39 is 24.4 Å². The number of aliphatic hydroxyl groups is 1. The molecule has 1 rings (SSSR count). The van der Waals surface area contributed by atoms with Crippen LogP contribution in [0.2, 0.25) is 0 Å². The molecule has 0 radical (unpaired) electrons. The summed E-state index contributed by atoms with van der Waals surface area (Å²) in [5, 5.41) is 26.7. The molecule has 0 aromatic heterocycles. The van der Waals surface area contributed by atoms with Crippen LogP contribution in [0.4, 0.5) is 0 Å². The molecule has 1 fully saturated rings. The summed E-state index contributed by atoms with van der Waals surface area (Å²) in [5.74, 6) is -2.23. The largest absolute Gasteiger partial charge is 0.481 e. The second kappa shape index (κ2) is 5.09. The van der Waals surface area contributed by atoms with E-state index in [0.717, 1.165) is 0 Å². The molecule has 15 heavy (non-hydrogen) atoms. The van der Waals surface area contributed by atoms with E-state index in [1.807, 2.05) is 0 Å². The lowest BCUT2D eigenvalue weighted by Gasteiger charge is -2.33. The average molecular weight is 217 g/mol. The number of nitrogens with zero attached hydrogens (tertiary/aromatic N) is 1. The fourth-order valence-electron chi connectivity index (χ4n) is 1.74. The summed E-state index contributed by atoms with van der Waals surface area (Å²) in [7, 11) is 0. The highest BCUT2D eigenvalue weighted by Crippen LogP contribution is 2.15. The summed E-state index contributed by atoms with van der Waals surface area (Å²) in [5.41, 5.74) is 0. The van der Waals surface area contributed by atoms with Crippen LogP contribution in [-0.2, 0) is 9.59 Å². The predicted molar refractivity (Wildman–Crippen MR) is 50.5 cm³/mol. The Morgan fingerprint density at radius 3 is 2.20 bits per heavy atom. The van der Waals surface area contributed by atoms with Gasteiger partial charge in [-0.2, -0.15) is 0 Å². The van der Waals surface area contributed by atoms with Gasteiger partial charge in [0.2, 0.25) is 0 Å². The lowest BCUT2D eigenvalue weighted by Crippen LogP contribution is -2.47. The third-order valence-electron chi connectivity index (χ3n) is 2.59. The van der Waals surface area contributed by atoms with Gasteiger partial charge in [-0.1, -0.05) is 0 Å². The quantitative estimate of drug-likeness (QED) is 0.580. The minimum atomic E-state index is -1.12. The number of carboxylic acids is 2. The first kappa shape index (κ1) is 11.9. The maximum absolute atomic E-state index is 10.8. The lowest BCUT2D eigenvalue weighted by atomic mass is 10.0. The van der Waals surface area contributed by atoms with Crippen molar-refractivity contribution in [3.63, 3.8) is 0 Å². The van der Waals surface area contributed by atoms with E-state index in [4.69, 9.17) is 10.2 Å². The molecule has 6 heteroatoms. The Labute approximate surface area is 87.1 Å². The van der Waals surface area contributed by atoms with Gasteiger partial charge in [0.15, 0.2) is 0 Å². The second-order valence-corrected chi connectivity index (χ2v) is 3.72. The van der Waals surface area contributed by atoms with Crippen LogP contribution in [0.1, 0.15) is 19.3 Å². The van der Waals surface area contributed by atoms with E-state index in [0.29, 0.717) is 25.9 Å². The number of carbonyl (C=O) groups is 2. The zero-order valence-corrected chi connectivity index (χ0v) is 8.30. The van der Waals surface area contributed by atoms with Crippen LogP contribution in [-0.4, -0.2) is 57.4 Å². The van der Waals surface area contributed by atoms with E-state index in [2.05, 4.69) is 0 Å². The first-order chi connectivity index (χ1) is 7.00. The zero-order chi connectivity index (χ0) is 11.4. The summed E-state index contributed by atoms with van der Waals surface area (Å²) < 4.78 is 0. The summed E-state index contributed by atoms with van der Waals surface area (Å²) in [6.45, 7) is 0.872. The van der Waals surface area contributed by atoms with Crippen molar-refractivity contribution in [2.45, 2.75) is 31.4 Å². The van der Waals surface area contributed by atoms with E-state index in [1.165, 1.54) is 0 Å². The number of carboxylic acid groups (broad SMARTS) is 2. The molecule has 0 saturated carbocycles. The Bertz CT molecular complexity index is 247. The summed E-state index contributed by atoms with van der Waals surface area (Å²) in [6.07, 6.45) is 0.221. The fraction of sp³-hybridized carbons (Fsp3) is 0.778. The highest BCUT2D eigenvalue weighted by molar-refractivity contribution is 5.80. The van der Waals surface area contributed by atoms with E-state index in [1.54, 1.807) is 4.90 Å². The Morgan fingerprint density at radius 1 is 1.27 bits per heavy atom. The Hall–Kier alpha value is -1.14. The highest BCUT2D eigenvalue weighted by atomic mass is 16.4. The number of piperidine rings is 1. The molecule has 0 aromatic carbocycles. The number of rotatable bonds is 4. The van der Waals surface area contributed by atoms with Gasteiger partial charge >= 0.3 is 11.9 Å². The first-order valence-electron chi connectivity index (χ1n) is 4.87. The van der Waals surface area contributed by atoms with Crippen molar-refractivity contribution in [1.82, 2.24) is 4.90 Å². The van der Waals surface area contributed by atoms with Crippen molar-refractivity contribution in [2.75, 3.05) is 13.1 Å². The third-order valence-corrected chi connectivity index (χ3v) is 2.59. The predicted octanol–water partition coefficient (Wildman–Crippen LogP) is -0.629. The zero-order valence-electron chi connectivity index (χ0n) is 8.30. The van der Waals surface area contributed by atoms with Crippen LogP contribution in [0, 0.1) is 0 Å². The maximum atomic E-state index is 10.8. The van der Waals surface area contributed by atoms with Crippen LogP contribution >= 0.6 is 0 Å². The average Bonchev–Trinajstić information content (AvgIpc) is 2.15. The number of hydrogen-bond acceptors (Lipinski definition) is 4. The molecule has 0 aliphatic carbocycles. The normalized spacial score (nSPS) is 21.1. The first-order valence-corrected chi connectivity index (χ1v) is 4.87. The second-order valence-electron chi connectivity index (χ2n) is 3.72. The molecule has 1 saturated heterocycles. The number of aliphatic carboxylic acids is 2. The van der Waals surface area contributed by atoms with Crippen molar-refractivity contribution in [2.24, 2.45) is 0 Å². The van der Waals surface area contributed by atoms with Crippen LogP contribution in [0.5, 0.6) is 0 Å². The van der Waals surface area contributed by atoms with Crippen LogP contribution in [0.3, 0.4) is 0 Å². The Morgan fingerprint density at radius 2 is 1.80 bits per heavy atom. The molecule has 1 heterocycles. The van der Waals surface area contributed by atoms with Gasteiger partial charge in [0.05, 0.1) is 12.5 Å². The summed E-state index contributed by atoms with van der Waals surface area (Å²) in [4.78, 5) is 22.9. The van der Waals surface area contributed by atoms with Gasteiger partial charge in [0, 0.05) is 13.1 Å². The SMILES string of the molecule is O=C(O)CC(C(=O)O)N1CCC(O)CC1. The van der Waals surface area contributed by atoms with Crippen molar-refractivity contribution in [1.29, 1.82) is 0 Å². The summed E-state index contributed by atoms with van der Waals surface area (Å²) in [6, 6.07) is -0.977. The van der Waals surface area contributed by atoms with Gasteiger partial charge in [0.25, 0.3) is 0 Å². The fourth-order valence-corrected chi connectivity index (χ4v) is 1.74. The Kier molecular flexibility index (Phi) is 4.05. The molecule has 1 aliphatic rings. The number of hydrogen-bond donors (Lipinski definition) is 3. The van der Waals surface area contributed by atoms with E-state index in [-0.39, 0.29) is 6.10 Å². The van der Waals surface area contributed by atoms with E-state index >= 15 is 0 Å². The molecule has 0 aromatic rings. The maximum Gasteiger partial charge on any atom is 0.321 e. The van der Waals surface area contributed by atoms with Gasteiger partial charge in [0.1, 0.15) is 6.04 Å². The standard InChI is InChI=1S/C9H15NO5/c11-6-1-3-10(4-2-6)7(9(14)15)5-8(12)13/h6-7,11H,1-5H2,(H,12,13)(H,14,15). The molecule has 1 aliphatic heterocycles. The number of aliphatic hydroxyl groups excluding tert-OH is 1. The molecule has 0 bridgehead atoms. The topological polar surface area (TPSA) is 98.1 Å². The van der Waals surface area contributed by atoms with Crippen molar-refractivity contribution in [3.05, 3.63) is 0 Å². The molecular weight excluding hydrogens is 202 g/mol. The third kappa shape index (κ3) is 3.49. The number of likely N-dealkylation sites (tertiary alicyclic amines) is 1. The monoisotopic (exact) mass is 217 g/mol. The molecule has 1 atom stereocenters. The van der Waals surface area contributed by atoms with Gasteiger partial charge < -0.3 is 15.3 Å². The van der Waals surface area contributed by atoms with Gasteiger partial charge in [-0.15, -0.1) is 0 Å². The molecule has 0 spiro atoms. The van der Waals surface area contributed by atoms with Crippen molar-refractivity contribution < 1.29 is 24.9 Å². The smallest absolute Gasteiger partial charge is 0.321 e. The van der Waals surface area contributed by atoms with Gasteiger partial charge in [-0.05, 0) is 12.8 Å². The van der Waals surface area contributed by atoms with Gasteiger partial charge in [-0.25, -0.2) is 0 Å². The summed E-state index contributed by atoms with van der Waals surface area (Å²) >= 11 is 0. The van der Waals surface area contributed by atoms with Gasteiger partial charge in [-0.3, -0.25) is 14.5 Å². The highest BCUT2D eigenvalue weighted by Gasteiger charge is 2.30. The van der Waals surface area contributed by atoms with Crippen LogP contribution < -0.4 is 0 Å². The van der Waals surface area contributed by atoms with Crippen LogP contribution in [0.25, 0.3) is 0 Å².